The number of aromatic nitrogens is 1. The van der Waals surface area contributed by atoms with E-state index < -0.39 is 30.1 Å². The highest BCUT2D eigenvalue weighted by molar-refractivity contribution is 6.21. The first kappa shape index (κ1) is 24.7. The van der Waals surface area contributed by atoms with Gasteiger partial charge in [0, 0.05) is 25.5 Å². The molecule has 1 aliphatic heterocycles. The molecule has 0 spiro atoms. The van der Waals surface area contributed by atoms with Gasteiger partial charge in [0.1, 0.15) is 17.5 Å². The molecule has 3 aromatic rings. The molecule has 186 valence electrons. The topological polar surface area (TPSA) is 83.0 Å². The van der Waals surface area contributed by atoms with Gasteiger partial charge in [0.2, 0.25) is 0 Å². The number of amides is 4. The van der Waals surface area contributed by atoms with E-state index in [2.05, 4.69) is 9.72 Å². The van der Waals surface area contributed by atoms with E-state index in [4.69, 9.17) is 0 Å². The molecule has 0 saturated carbocycles. The molecular formula is C25H21F3N4O4. The number of urea groups is 1. The summed E-state index contributed by atoms with van der Waals surface area (Å²) in [6.07, 6.45) is -3.40. The predicted octanol–water partition coefficient (Wildman–Crippen LogP) is 4.61. The lowest BCUT2D eigenvalue weighted by Crippen LogP contribution is -2.33. The summed E-state index contributed by atoms with van der Waals surface area (Å²) in [6, 6.07) is 15.2. The standard InChI is InChI=1S/C25H21F3N4O4/c1-16-22(33)32(19-8-10-20(11-9-19)36-25(26,27)28)24(35)31(16)15-17-12-13-29-21(14-17)23(34)30(2)18-6-4-3-5-7-18/h3-14,16H,15H2,1-2H3. The largest absolute Gasteiger partial charge is 0.573 e. The molecule has 4 amide bonds. The molecule has 1 atom stereocenters. The van der Waals surface area contributed by atoms with E-state index >= 15 is 0 Å². The van der Waals surface area contributed by atoms with Gasteiger partial charge in [0.05, 0.1) is 5.69 Å². The zero-order valence-corrected chi connectivity index (χ0v) is 19.3. The van der Waals surface area contributed by atoms with Gasteiger partial charge in [-0.1, -0.05) is 18.2 Å². The first-order valence-corrected chi connectivity index (χ1v) is 10.8. The molecule has 1 aliphatic rings. The van der Waals surface area contributed by atoms with Crippen LogP contribution in [0.3, 0.4) is 0 Å². The number of carbonyl (C=O) groups is 3. The average Bonchev–Trinajstić information content (AvgIpc) is 3.06. The van der Waals surface area contributed by atoms with Crippen molar-refractivity contribution in [2.45, 2.75) is 25.9 Å². The maximum absolute atomic E-state index is 13.1. The lowest BCUT2D eigenvalue weighted by atomic mass is 10.2. The molecule has 1 fully saturated rings. The maximum atomic E-state index is 13.1. The Morgan fingerprint density at radius 3 is 2.36 bits per heavy atom. The number of pyridine rings is 1. The molecule has 0 radical (unpaired) electrons. The van der Waals surface area contributed by atoms with Crippen LogP contribution in [0.4, 0.5) is 29.3 Å². The fourth-order valence-electron chi connectivity index (χ4n) is 3.77. The number of benzene rings is 2. The first-order chi connectivity index (χ1) is 17.0. The van der Waals surface area contributed by atoms with Crippen molar-refractivity contribution in [2.24, 2.45) is 0 Å². The van der Waals surface area contributed by atoms with Crippen molar-refractivity contribution in [2.75, 3.05) is 16.8 Å². The molecule has 0 N–H and O–H groups in total. The van der Waals surface area contributed by atoms with Crippen molar-refractivity contribution >= 4 is 29.2 Å². The molecular weight excluding hydrogens is 477 g/mol. The molecule has 4 rings (SSSR count). The van der Waals surface area contributed by atoms with Crippen molar-refractivity contribution in [1.82, 2.24) is 9.88 Å². The lowest BCUT2D eigenvalue weighted by molar-refractivity contribution is -0.274. The average molecular weight is 498 g/mol. The zero-order chi connectivity index (χ0) is 26.0. The van der Waals surface area contributed by atoms with E-state index in [9.17, 15) is 27.6 Å². The molecule has 8 nitrogen and oxygen atoms in total. The number of imide groups is 1. The number of carbonyl (C=O) groups excluding carboxylic acids is 3. The van der Waals surface area contributed by atoms with E-state index in [1.807, 2.05) is 18.2 Å². The van der Waals surface area contributed by atoms with Crippen molar-refractivity contribution in [3.63, 3.8) is 0 Å². The summed E-state index contributed by atoms with van der Waals surface area (Å²) in [7, 11) is 1.62. The Morgan fingerprint density at radius 2 is 1.72 bits per heavy atom. The summed E-state index contributed by atoms with van der Waals surface area (Å²) in [6.45, 7) is 1.58. The SMILES string of the molecule is CC1C(=O)N(c2ccc(OC(F)(F)F)cc2)C(=O)N1Cc1ccnc(C(=O)N(C)c2ccccc2)c1. The fourth-order valence-corrected chi connectivity index (χ4v) is 3.77. The number of nitrogens with zero attached hydrogens (tertiary/aromatic N) is 4. The van der Waals surface area contributed by atoms with Crippen LogP contribution in [-0.4, -0.2) is 47.2 Å². The van der Waals surface area contributed by atoms with Crippen molar-refractivity contribution in [1.29, 1.82) is 0 Å². The fraction of sp³-hybridized carbons (Fsp3) is 0.200. The monoisotopic (exact) mass is 498 g/mol. The second-order valence-electron chi connectivity index (χ2n) is 8.05. The van der Waals surface area contributed by atoms with Crippen molar-refractivity contribution < 1.29 is 32.3 Å². The van der Waals surface area contributed by atoms with E-state index in [0.29, 0.717) is 11.3 Å². The van der Waals surface area contributed by atoms with Gasteiger partial charge in [0.15, 0.2) is 0 Å². The van der Waals surface area contributed by atoms with E-state index in [-0.39, 0.29) is 23.8 Å². The number of hydrogen-bond donors (Lipinski definition) is 0. The van der Waals surface area contributed by atoms with Gasteiger partial charge >= 0.3 is 12.4 Å². The van der Waals surface area contributed by atoms with Crippen LogP contribution in [0.1, 0.15) is 23.0 Å². The molecule has 2 aromatic carbocycles. The number of hydrogen-bond acceptors (Lipinski definition) is 5. The van der Waals surface area contributed by atoms with Crippen molar-refractivity contribution in [3.8, 4) is 5.75 Å². The number of ether oxygens (including phenoxy) is 1. The van der Waals surface area contributed by atoms with Gasteiger partial charge in [0.25, 0.3) is 11.8 Å². The summed E-state index contributed by atoms with van der Waals surface area (Å²) < 4.78 is 41.1. The second-order valence-corrected chi connectivity index (χ2v) is 8.05. The van der Waals surface area contributed by atoms with Crippen LogP contribution in [0.5, 0.6) is 5.75 Å². The minimum Gasteiger partial charge on any atom is -0.406 e. The van der Waals surface area contributed by atoms with Gasteiger partial charge < -0.3 is 14.5 Å². The highest BCUT2D eigenvalue weighted by Gasteiger charge is 2.43. The van der Waals surface area contributed by atoms with Gasteiger partial charge in [-0.3, -0.25) is 14.6 Å². The molecule has 36 heavy (non-hydrogen) atoms. The molecule has 11 heteroatoms. The highest BCUT2D eigenvalue weighted by Crippen LogP contribution is 2.30. The molecule has 0 bridgehead atoms. The third-order valence-corrected chi connectivity index (χ3v) is 5.66. The third-order valence-electron chi connectivity index (χ3n) is 5.66. The Kier molecular flexibility index (Phi) is 6.65. The minimum atomic E-state index is -4.85. The normalized spacial score (nSPS) is 15.9. The number of alkyl halides is 3. The molecule has 2 heterocycles. The van der Waals surface area contributed by atoms with Gasteiger partial charge in [-0.25, -0.2) is 9.69 Å². The van der Waals surface area contributed by atoms with Crippen LogP contribution < -0.4 is 14.5 Å². The Balaban J connectivity index is 1.50. The smallest absolute Gasteiger partial charge is 0.406 e. The minimum absolute atomic E-state index is 0.0232. The van der Waals surface area contributed by atoms with Crippen LogP contribution in [-0.2, 0) is 11.3 Å². The van der Waals surface area contributed by atoms with E-state index in [0.717, 1.165) is 17.0 Å². The maximum Gasteiger partial charge on any atom is 0.573 e. The predicted molar refractivity (Wildman–Crippen MR) is 124 cm³/mol. The van der Waals surface area contributed by atoms with E-state index in [1.165, 1.54) is 28.1 Å². The molecule has 1 saturated heterocycles. The number of halogens is 3. The van der Waals surface area contributed by atoms with Crippen LogP contribution in [0.2, 0.25) is 0 Å². The summed E-state index contributed by atoms with van der Waals surface area (Å²) in [5, 5.41) is 0. The first-order valence-electron chi connectivity index (χ1n) is 10.8. The van der Waals surface area contributed by atoms with Gasteiger partial charge in [-0.2, -0.15) is 0 Å². The van der Waals surface area contributed by atoms with Crippen LogP contribution in [0.15, 0.2) is 72.9 Å². The summed E-state index contributed by atoms with van der Waals surface area (Å²) in [5.41, 5.74) is 1.55. The summed E-state index contributed by atoms with van der Waals surface area (Å²) in [4.78, 5) is 46.6. The summed E-state index contributed by atoms with van der Waals surface area (Å²) in [5.74, 6) is -1.34. The number of rotatable bonds is 6. The Hall–Kier alpha value is -4.41. The Bertz CT molecular complexity index is 1280. The van der Waals surface area contributed by atoms with Gasteiger partial charge in [-0.05, 0) is 61.0 Å². The van der Waals surface area contributed by atoms with Crippen LogP contribution >= 0.6 is 0 Å². The Labute approximate surface area is 204 Å². The third kappa shape index (κ3) is 5.14. The van der Waals surface area contributed by atoms with Crippen LogP contribution in [0.25, 0.3) is 0 Å². The van der Waals surface area contributed by atoms with Gasteiger partial charge in [-0.15, -0.1) is 13.2 Å². The Morgan fingerprint density at radius 1 is 1.06 bits per heavy atom. The summed E-state index contributed by atoms with van der Waals surface area (Å²) >= 11 is 0. The molecule has 1 unspecified atom stereocenters. The highest BCUT2D eigenvalue weighted by atomic mass is 19.4. The zero-order valence-electron chi connectivity index (χ0n) is 19.3. The molecule has 1 aromatic heterocycles. The quantitative estimate of drug-likeness (QED) is 0.464. The lowest BCUT2D eigenvalue weighted by Gasteiger charge is -2.20. The number of para-hydroxylation sites is 1. The second kappa shape index (κ2) is 9.68. The number of anilines is 2. The van der Waals surface area contributed by atoms with Crippen molar-refractivity contribution in [3.05, 3.63) is 84.2 Å². The molecule has 0 aliphatic carbocycles. The van der Waals surface area contributed by atoms with E-state index in [1.54, 1.807) is 38.2 Å². The van der Waals surface area contributed by atoms with Crippen LogP contribution in [0, 0.1) is 0 Å².